The first-order valence-electron chi connectivity index (χ1n) is 8.05. The molecule has 1 aliphatic carbocycles. The SMILES string of the molecule is CC1(C)CCC/C(=C\c2ccc(Br)cc2)C1(O)Cn1ccnc1. The predicted octanol–water partition coefficient (Wildman–Crippen LogP) is 4.67. The van der Waals surface area contributed by atoms with E-state index in [0.29, 0.717) is 6.54 Å². The Morgan fingerprint density at radius 3 is 2.70 bits per heavy atom. The molecular formula is C19H23BrN2O. The van der Waals surface area contributed by atoms with Crippen LogP contribution in [-0.2, 0) is 6.54 Å². The molecule has 0 saturated heterocycles. The number of hydrogen-bond donors (Lipinski definition) is 1. The Balaban J connectivity index is 2.00. The van der Waals surface area contributed by atoms with Gasteiger partial charge in [-0.05, 0) is 47.9 Å². The molecule has 4 heteroatoms. The highest BCUT2D eigenvalue weighted by Gasteiger charge is 2.48. The van der Waals surface area contributed by atoms with Crippen LogP contribution < -0.4 is 0 Å². The average Bonchev–Trinajstić information content (AvgIpc) is 2.99. The molecule has 0 aliphatic heterocycles. The summed E-state index contributed by atoms with van der Waals surface area (Å²) in [6.45, 7) is 4.87. The maximum atomic E-state index is 11.6. The second-order valence-electron chi connectivity index (χ2n) is 7.05. The number of nitrogens with zero attached hydrogens (tertiary/aromatic N) is 2. The van der Waals surface area contributed by atoms with Crippen LogP contribution in [0, 0.1) is 5.41 Å². The molecule has 3 nitrogen and oxygen atoms in total. The van der Waals surface area contributed by atoms with E-state index in [9.17, 15) is 5.11 Å². The van der Waals surface area contributed by atoms with Gasteiger partial charge in [-0.25, -0.2) is 4.98 Å². The van der Waals surface area contributed by atoms with Gasteiger partial charge in [0, 0.05) is 16.9 Å². The lowest BCUT2D eigenvalue weighted by Gasteiger charge is -2.48. The van der Waals surface area contributed by atoms with Gasteiger partial charge >= 0.3 is 0 Å². The molecule has 1 heterocycles. The number of imidazole rings is 1. The van der Waals surface area contributed by atoms with Gasteiger partial charge in [-0.1, -0.05) is 48.0 Å². The molecule has 1 atom stereocenters. The normalized spacial score (nSPS) is 25.7. The quantitative estimate of drug-likeness (QED) is 0.847. The van der Waals surface area contributed by atoms with E-state index in [1.54, 1.807) is 12.5 Å². The van der Waals surface area contributed by atoms with Crippen molar-refractivity contribution in [2.75, 3.05) is 0 Å². The fourth-order valence-electron chi connectivity index (χ4n) is 3.48. The third kappa shape index (κ3) is 3.29. The molecule has 122 valence electrons. The Bertz CT molecular complexity index is 689. The molecule has 0 radical (unpaired) electrons. The topological polar surface area (TPSA) is 38.0 Å². The van der Waals surface area contributed by atoms with Crippen molar-refractivity contribution in [1.29, 1.82) is 0 Å². The lowest BCUT2D eigenvalue weighted by atomic mass is 9.62. The first-order chi connectivity index (χ1) is 10.9. The minimum absolute atomic E-state index is 0.170. The molecule has 0 spiro atoms. The molecule has 1 N–H and O–H groups in total. The molecule has 1 aliphatic rings. The van der Waals surface area contributed by atoms with Gasteiger partial charge in [0.05, 0.1) is 12.9 Å². The van der Waals surface area contributed by atoms with Gasteiger partial charge in [0.25, 0.3) is 0 Å². The van der Waals surface area contributed by atoms with Crippen molar-refractivity contribution in [2.45, 2.75) is 45.3 Å². The van der Waals surface area contributed by atoms with Gasteiger partial charge in [0.1, 0.15) is 5.60 Å². The average molecular weight is 375 g/mol. The van der Waals surface area contributed by atoms with Crippen LogP contribution in [0.1, 0.15) is 38.7 Å². The Kier molecular flexibility index (Phi) is 4.47. The van der Waals surface area contributed by atoms with Crippen molar-refractivity contribution < 1.29 is 5.11 Å². The van der Waals surface area contributed by atoms with E-state index < -0.39 is 5.60 Å². The van der Waals surface area contributed by atoms with E-state index in [2.05, 4.69) is 53.0 Å². The van der Waals surface area contributed by atoms with Crippen molar-refractivity contribution in [3.05, 3.63) is 58.6 Å². The molecule has 0 bridgehead atoms. The van der Waals surface area contributed by atoms with Crippen molar-refractivity contribution in [3.63, 3.8) is 0 Å². The lowest BCUT2D eigenvalue weighted by Crippen LogP contribution is -2.51. The number of halogens is 1. The predicted molar refractivity (Wildman–Crippen MR) is 96.9 cm³/mol. The summed E-state index contributed by atoms with van der Waals surface area (Å²) in [5.41, 5.74) is 1.21. The summed E-state index contributed by atoms with van der Waals surface area (Å²) < 4.78 is 3.04. The summed E-state index contributed by atoms with van der Waals surface area (Å²) in [5, 5.41) is 11.6. The highest BCUT2D eigenvalue weighted by molar-refractivity contribution is 9.10. The van der Waals surface area contributed by atoms with Crippen LogP contribution in [-0.4, -0.2) is 20.3 Å². The van der Waals surface area contributed by atoms with E-state index in [4.69, 9.17) is 0 Å². The van der Waals surface area contributed by atoms with Crippen molar-refractivity contribution >= 4 is 22.0 Å². The van der Waals surface area contributed by atoms with E-state index in [1.165, 1.54) is 0 Å². The van der Waals surface area contributed by atoms with Gasteiger partial charge in [-0.15, -0.1) is 0 Å². The van der Waals surface area contributed by atoms with Gasteiger partial charge in [0.15, 0.2) is 0 Å². The molecule has 1 aromatic carbocycles. The van der Waals surface area contributed by atoms with Crippen molar-refractivity contribution in [2.24, 2.45) is 5.41 Å². The van der Waals surface area contributed by atoms with Crippen LogP contribution in [0.25, 0.3) is 6.08 Å². The molecule has 2 aromatic rings. The first-order valence-corrected chi connectivity index (χ1v) is 8.85. The van der Waals surface area contributed by atoms with Gasteiger partial charge in [0.2, 0.25) is 0 Å². The summed E-state index contributed by atoms with van der Waals surface area (Å²) in [6, 6.07) is 8.23. The van der Waals surface area contributed by atoms with Crippen molar-refractivity contribution in [1.82, 2.24) is 9.55 Å². The molecule has 23 heavy (non-hydrogen) atoms. The van der Waals surface area contributed by atoms with E-state index in [-0.39, 0.29) is 5.41 Å². The minimum atomic E-state index is -0.862. The molecule has 1 aromatic heterocycles. The molecule has 3 rings (SSSR count). The Morgan fingerprint density at radius 1 is 1.30 bits per heavy atom. The fraction of sp³-hybridized carbons (Fsp3) is 0.421. The van der Waals surface area contributed by atoms with Gasteiger partial charge in [-0.2, -0.15) is 0 Å². The summed E-state index contributed by atoms with van der Waals surface area (Å²) >= 11 is 3.47. The Morgan fingerprint density at radius 2 is 2.04 bits per heavy atom. The van der Waals surface area contributed by atoms with Crippen LogP contribution in [0.5, 0.6) is 0 Å². The summed E-state index contributed by atoms with van der Waals surface area (Å²) in [4.78, 5) is 4.11. The zero-order valence-electron chi connectivity index (χ0n) is 13.7. The summed E-state index contributed by atoms with van der Waals surface area (Å²) in [5.74, 6) is 0. The third-order valence-electron chi connectivity index (χ3n) is 5.08. The van der Waals surface area contributed by atoms with Crippen LogP contribution in [0.3, 0.4) is 0 Å². The third-order valence-corrected chi connectivity index (χ3v) is 5.61. The maximum Gasteiger partial charge on any atom is 0.109 e. The Hall–Kier alpha value is -1.39. The van der Waals surface area contributed by atoms with E-state index >= 15 is 0 Å². The van der Waals surface area contributed by atoms with Gasteiger partial charge < -0.3 is 9.67 Å². The number of aliphatic hydroxyl groups is 1. The maximum absolute atomic E-state index is 11.6. The number of aromatic nitrogens is 2. The molecule has 0 amide bonds. The largest absolute Gasteiger partial charge is 0.383 e. The molecule has 1 fully saturated rings. The van der Waals surface area contributed by atoms with E-state index in [0.717, 1.165) is 34.9 Å². The van der Waals surface area contributed by atoms with E-state index in [1.807, 2.05) is 22.9 Å². The number of benzene rings is 1. The highest BCUT2D eigenvalue weighted by Crippen LogP contribution is 2.48. The summed E-state index contributed by atoms with van der Waals surface area (Å²) in [7, 11) is 0. The van der Waals surface area contributed by atoms with Crippen LogP contribution >= 0.6 is 15.9 Å². The van der Waals surface area contributed by atoms with Gasteiger partial charge in [-0.3, -0.25) is 0 Å². The zero-order valence-corrected chi connectivity index (χ0v) is 15.3. The number of rotatable bonds is 3. The first kappa shape index (κ1) is 16.5. The van der Waals surface area contributed by atoms with Crippen LogP contribution in [0.4, 0.5) is 0 Å². The lowest BCUT2D eigenvalue weighted by molar-refractivity contribution is -0.0670. The fourth-order valence-corrected chi connectivity index (χ4v) is 3.75. The number of hydrogen-bond acceptors (Lipinski definition) is 2. The van der Waals surface area contributed by atoms with Crippen LogP contribution in [0.15, 0.2) is 53.0 Å². The molecular weight excluding hydrogens is 352 g/mol. The second kappa shape index (κ2) is 6.25. The summed E-state index contributed by atoms with van der Waals surface area (Å²) in [6.07, 6.45) is 10.7. The standard InChI is InChI=1S/C19H23BrN2O/c1-18(2)9-3-4-16(12-15-5-7-17(20)8-6-15)19(18,23)13-22-11-10-21-14-22/h5-8,10-12,14,23H,3-4,9,13H2,1-2H3/b16-12+. The Labute approximate surface area is 146 Å². The van der Waals surface area contributed by atoms with Crippen LogP contribution in [0.2, 0.25) is 0 Å². The second-order valence-corrected chi connectivity index (χ2v) is 7.97. The smallest absolute Gasteiger partial charge is 0.109 e. The molecule has 1 saturated carbocycles. The zero-order chi connectivity index (χ0) is 16.5. The molecule has 1 unspecified atom stereocenters. The highest BCUT2D eigenvalue weighted by atomic mass is 79.9. The minimum Gasteiger partial charge on any atom is -0.383 e. The monoisotopic (exact) mass is 374 g/mol. The van der Waals surface area contributed by atoms with Crippen molar-refractivity contribution in [3.8, 4) is 0 Å².